The van der Waals surface area contributed by atoms with Gasteiger partial charge in [0, 0.05) is 26.1 Å². The van der Waals surface area contributed by atoms with Crippen LogP contribution >= 0.6 is 12.4 Å². The van der Waals surface area contributed by atoms with Crippen molar-refractivity contribution < 1.29 is 9.59 Å². The molecule has 3 rings (SSSR count). The van der Waals surface area contributed by atoms with Crippen LogP contribution < -0.4 is 10.6 Å². The maximum absolute atomic E-state index is 12.9. The summed E-state index contributed by atoms with van der Waals surface area (Å²) in [7, 11) is 0. The van der Waals surface area contributed by atoms with E-state index in [1.807, 2.05) is 4.90 Å². The third-order valence-corrected chi connectivity index (χ3v) is 6.28. The summed E-state index contributed by atoms with van der Waals surface area (Å²) in [4.78, 5) is 27.2. The zero-order valence-electron chi connectivity index (χ0n) is 17.8. The number of hydrogen-bond acceptors (Lipinski definition) is 3. The van der Waals surface area contributed by atoms with E-state index >= 15 is 0 Å². The lowest BCUT2D eigenvalue weighted by atomic mass is 9.91. The number of carbonyl (C=O) groups excluding carboxylic acids is 2. The second kappa shape index (κ2) is 11.6. The van der Waals surface area contributed by atoms with Gasteiger partial charge in [-0.2, -0.15) is 0 Å². The monoisotopic (exact) mass is 421 g/mol. The summed E-state index contributed by atoms with van der Waals surface area (Å²) < 4.78 is 0. The van der Waals surface area contributed by atoms with Crippen molar-refractivity contribution in [3.63, 3.8) is 0 Å². The fourth-order valence-corrected chi connectivity index (χ4v) is 4.41. The van der Waals surface area contributed by atoms with Crippen molar-refractivity contribution >= 4 is 24.2 Å². The molecule has 0 saturated carbocycles. The molecule has 1 aromatic carbocycles. The number of rotatable bonds is 7. The molecule has 2 saturated heterocycles. The number of nitrogens with one attached hydrogen (secondary N) is 2. The molecule has 0 aromatic heterocycles. The van der Waals surface area contributed by atoms with Crippen LogP contribution in [0.25, 0.3) is 0 Å². The van der Waals surface area contributed by atoms with Gasteiger partial charge in [-0.05, 0) is 63.0 Å². The number of aryl methyl sites for hydroxylation is 1. The Kier molecular flexibility index (Phi) is 9.44. The van der Waals surface area contributed by atoms with Crippen molar-refractivity contribution in [3.8, 4) is 0 Å². The average molecular weight is 422 g/mol. The maximum Gasteiger partial charge on any atom is 0.237 e. The van der Waals surface area contributed by atoms with Crippen LogP contribution in [0.15, 0.2) is 24.3 Å². The first-order valence-electron chi connectivity index (χ1n) is 10.9. The highest BCUT2D eigenvalue weighted by Gasteiger charge is 2.27. The first-order valence-corrected chi connectivity index (χ1v) is 10.9. The lowest BCUT2D eigenvalue weighted by Gasteiger charge is -2.34. The van der Waals surface area contributed by atoms with Crippen molar-refractivity contribution in [2.45, 2.75) is 64.3 Å². The minimum absolute atomic E-state index is 0. The predicted octanol–water partition coefficient (Wildman–Crippen LogP) is 3.41. The van der Waals surface area contributed by atoms with Gasteiger partial charge in [0.25, 0.3) is 0 Å². The maximum atomic E-state index is 12.9. The van der Waals surface area contributed by atoms with E-state index in [0.717, 1.165) is 51.7 Å². The number of hydrogen-bond donors (Lipinski definition) is 2. The summed E-state index contributed by atoms with van der Waals surface area (Å²) in [6, 6.07) is 8.54. The highest BCUT2D eigenvalue weighted by atomic mass is 35.5. The minimum atomic E-state index is -0.0267. The van der Waals surface area contributed by atoms with Crippen LogP contribution in [-0.2, 0) is 9.59 Å². The van der Waals surface area contributed by atoms with E-state index in [2.05, 4.69) is 48.7 Å². The van der Waals surface area contributed by atoms with Crippen LogP contribution in [0, 0.1) is 12.8 Å². The van der Waals surface area contributed by atoms with Gasteiger partial charge in [-0.25, -0.2) is 0 Å². The van der Waals surface area contributed by atoms with Gasteiger partial charge in [-0.3, -0.25) is 9.59 Å². The van der Waals surface area contributed by atoms with Crippen LogP contribution in [0.1, 0.15) is 62.5 Å². The summed E-state index contributed by atoms with van der Waals surface area (Å²) in [5.74, 6) is 1.01. The lowest BCUT2D eigenvalue weighted by molar-refractivity contribution is -0.133. The van der Waals surface area contributed by atoms with Crippen molar-refractivity contribution in [2.75, 3.05) is 26.2 Å². The highest BCUT2D eigenvalue weighted by molar-refractivity contribution is 5.85. The Labute approximate surface area is 181 Å². The van der Waals surface area contributed by atoms with Gasteiger partial charge in [-0.15, -0.1) is 12.4 Å². The van der Waals surface area contributed by atoms with E-state index < -0.39 is 0 Å². The Morgan fingerprint density at radius 1 is 1.21 bits per heavy atom. The quantitative estimate of drug-likeness (QED) is 0.709. The molecule has 29 heavy (non-hydrogen) atoms. The van der Waals surface area contributed by atoms with Gasteiger partial charge in [0.2, 0.25) is 11.8 Å². The van der Waals surface area contributed by atoms with E-state index in [9.17, 15) is 9.59 Å². The van der Waals surface area contributed by atoms with Crippen LogP contribution in [0.5, 0.6) is 0 Å². The molecule has 0 radical (unpaired) electrons. The van der Waals surface area contributed by atoms with E-state index in [-0.39, 0.29) is 36.2 Å². The molecule has 162 valence electrons. The highest BCUT2D eigenvalue weighted by Crippen LogP contribution is 2.26. The molecular weight excluding hydrogens is 386 g/mol. The molecule has 0 aliphatic carbocycles. The molecule has 2 heterocycles. The number of halogens is 1. The predicted molar refractivity (Wildman–Crippen MR) is 119 cm³/mol. The van der Waals surface area contributed by atoms with Crippen LogP contribution in [-0.4, -0.2) is 48.9 Å². The van der Waals surface area contributed by atoms with E-state index in [1.165, 1.54) is 11.1 Å². The van der Waals surface area contributed by atoms with Gasteiger partial charge in [-0.1, -0.05) is 36.8 Å². The molecule has 0 spiro atoms. The fourth-order valence-electron chi connectivity index (χ4n) is 4.41. The molecule has 2 fully saturated rings. The Balaban J connectivity index is 0.00000300. The summed E-state index contributed by atoms with van der Waals surface area (Å²) in [6.07, 6.45) is 5.65. The summed E-state index contributed by atoms with van der Waals surface area (Å²) in [5, 5.41) is 6.34. The number of benzene rings is 1. The van der Waals surface area contributed by atoms with Crippen molar-refractivity contribution in [3.05, 3.63) is 35.4 Å². The molecular formula is C23H36ClN3O2. The number of likely N-dealkylation sites (tertiary alicyclic amines) is 1. The Morgan fingerprint density at radius 3 is 2.62 bits per heavy atom. The topological polar surface area (TPSA) is 61.4 Å². The van der Waals surface area contributed by atoms with Crippen molar-refractivity contribution in [1.82, 2.24) is 15.5 Å². The van der Waals surface area contributed by atoms with Crippen molar-refractivity contribution in [1.29, 1.82) is 0 Å². The van der Waals surface area contributed by atoms with Gasteiger partial charge >= 0.3 is 0 Å². The molecule has 0 bridgehead atoms. The minimum Gasteiger partial charge on any atom is -0.354 e. The third kappa shape index (κ3) is 6.71. The normalized spacial score (nSPS) is 22.6. The van der Waals surface area contributed by atoms with Gasteiger partial charge in [0.15, 0.2) is 0 Å². The molecule has 2 N–H and O–H groups in total. The van der Waals surface area contributed by atoms with E-state index in [4.69, 9.17) is 0 Å². The summed E-state index contributed by atoms with van der Waals surface area (Å²) in [5.41, 5.74) is 2.50. The molecule has 3 atom stereocenters. The lowest BCUT2D eigenvalue weighted by Crippen LogP contribution is -2.46. The first-order chi connectivity index (χ1) is 13.6. The Hall–Kier alpha value is -1.59. The zero-order chi connectivity index (χ0) is 19.9. The average Bonchev–Trinajstić information content (AvgIpc) is 3.26. The van der Waals surface area contributed by atoms with Crippen LogP contribution in [0.3, 0.4) is 0 Å². The smallest absolute Gasteiger partial charge is 0.237 e. The largest absolute Gasteiger partial charge is 0.354 e. The molecule has 1 aromatic rings. The van der Waals surface area contributed by atoms with Crippen molar-refractivity contribution in [2.24, 2.45) is 5.92 Å². The fraction of sp³-hybridized carbons (Fsp3) is 0.652. The SMILES string of the molecule is CCC(CC(=O)N1CCCC(CNC(=O)C2CCCN2)C1)c1ccc(C)cc1.Cl. The third-order valence-electron chi connectivity index (χ3n) is 6.28. The van der Waals surface area contributed by atoms with E-state index in [0.29, 0.717) is 18.9 Å². The molecule has 2 aliphatic rings. The second-order valence-corrected chi connectivity index (χ2v) is 8.46. The van der Waals surface area contributed by atoms with Crippen LogP contribution in [0.4, 0.5) is 0 Å². The van der Waals surface area contributed by atoms with E-state index in [1.54, 1.807) is 0 Å². The number of carbonyl (C=O) groups is 2. The van der Waals surface area contributed by atoms with Gasteiger partial charge in [0.1, 0.15) is 0 Å². The number of piperidine rings is 1. The molecule has 5 nitrogen and oxygen atoms in total. The van der Waals surface area contributed by atoms with Crippen LogP contribution in [0.2, 0.25) is 0 Å². The summed E-state index contributed by atoms with van der Waals surface area (Å²) in [6.45, 7) is 7.47. The summed E-state index contributed by atoms with van der Waals surface area (Å²) >= 11 is 0. The second-order valence-electron chi connectivity index (χ2n) is 8.46. The standard InChI is InChI=1S/C23H35N3O2.ClH/c1-3-19(20-10-8-17(2)9-11-20)14-22(27)26-13-5-6-18(16-26)15-25-23(28)21-7-4-12-24-21;/h8-11,18-19,21,24H,3-7,12-16H2,1-2H3,(H,25,28);1H. The molecule has 2 amide bonds. The van der Waals surface area contributed by atoms with Gasteiger partial charge < -0.3 is 15.5 Å². The Morgan fingerprint density at radius 2 is 1.97 bits per heavy atom. The molecule has 6 heteroatoms. The number of amides is 2. The first kappa shape index (κ1) is 23.7. The van der Waals surface area contributed by atoms with Gasteiger partial charge in [0.05, 0.1) is 6.04 Å². The molecule has 3 unspecified atom stereocenters. The zero-order valence-corrected chi connectivity index (χ0v) is 18.6. The molecule has 2 aliphatic heterocycles. The Bertz CT molecular complexity index is 659. The number of nitrogens with zero attached hydrogens (tertiary/aromatic N) is 1.